The van der Waals surface area contributed by atoms with Gasteiger partial charge in [-0.15, -0.1) is 10.2 Å². The molecule has 0 N–H and O–H groups in total. The van der Waals surface area contributed by atoms with E-state index in [2.05, 4.69) is 30.1 Å². The van der Waals surface area contributed by atoms with Crippen LogP contribution in [0.1, 0.15) is 36.6 Å². The van der Waals surface area contributed by atoms with Crippen molar-refractivity contribution >= 4 is 17.7 Å². The number of hydrogen-bond donors (Lipinski definition) is 0. The zero-order valence-corrected chi connectivity index (χ0v) is 18.2. The van der Waals surface area contributed by atoms with Crippen LogP contribution in [-0.2, 0) is 17.8 Å². The lowest BCUT2D eigenvalue weighted by atomic mass is 9.93. The third-order valence-electron chi connectivity index (χ3n) is 5.71. The number of benzene rings is 2. The first-order valence-electron chi connectivity index (χ1n) is 10.2. The molecule has 1 amide bonds. The Balaban J connectivity index is 1.49. The minimum Gasteiger partial charge on any atom is -0.335 e. The van der Waals surface area contributed by atoms with Crippen molar-refractivity contribution in [3.63, 3.8) is 0 Å². The van der Waals surface area contributed by atoms with E-state index in [1.165, 1.54) is 17.8 Å². The summed E-state index contributed by atoms with van der Waals surface area (Å²) in [6, 6.07) is 12.8. The van der Waals surface area contributed by atoms with E-state index in [4.69, 9.17) is 0 Å². The molecule has 1 aliphatic rings. The summed E-state index contributed by atoms with van der Waals surface area (Å²) in [6.07, 6.45) is 0.749. The van der Waals surface area contributed by atoms with Gasteiger partial charge in [-0.3, -0.25) is 4.79 Å². The highest BCUT2D eigenvalue weighted by Gasteiger charge is 2.28. The fraction of sp³-hybridized carbons (Fsp3) is 0.348. The topological polar surface area (TPSA) is 51.0 Å². The molecular formula is C23H25FN4OS. The Morgan fingerprint density at radius 1 is 1.23 bits per heavy atom. The van der Waals surface area contributed by atoms with Crippen molar-refractivity contribution in [3.8, 4) is 11.4 Å². The highest BCUT2D eigenvalue weighted by Crippen LogP contribution is 2.31. The van der Waals surface area contributed by atoms with Gasteiger partial charge >= 0.3 is 0 Å². The summed E-state index contributed by atoms with van der Waals surface area (Å²) < 4.78 is 15.7. The van der Waals surface area contributed by atoms with E-state index in [0.717, 1.165) is 46.2 Å². The molecule has 7 heteroatoms. The molecule has 0 fully saturated rings. The average molecular weight is 425 g/mol. The molecule has 1 atom stereocenters. The number of carbonyl (C=O) groups is 1. The number of aryl methyl sites for hydroxylation is 1. The molecule has 1 unspecified atom stereocenters. The largest absolute Gasteiger partial charge is 0.335 e. The van der Waals surface area contributed by atoms with E-state index >= 15 is 0 Å². The van der Waals surface area contributed by atoms with Gasteiger partial charge in [-0.1, -0.05) is 42.1 Å². The second-order valence-corrected chi connectivity index (χ2v) is 8.45. The monoisotopic (exact) mass is 424 g/mol. The highest BCUT2D eigenvalue weighted by atomic mass is 32.2. The van der Waals surface area contributed by atoms with Crippen LogP contribution in [0, 0.1) is 12.7 Å². The zero-order chi connectivity index (χ0) is 21.3. The summed E-state index contributed by atoms with van der Waals surface area (Å²) in [6.45, 7) is 7.44. The van der Waals surface area contributed by atoms with Crippen LogP contribution in [0.2, 0.25) is 0 Å². The van der Waals surface area contributed by atoms with Crippen LogP contribution in [0.3, 0.4) is 0 Å². The molecule has 0 saturated carbocycles. The van der Waals surface area contributed by atoms with Crippen molar-refractivity contribution in [1.82, 2.24) is 19.7 Å². The van der Waals surface area contributed by atoms with Crippen LogP contribution in [0.25, 0.3) is 11.4 Å². The Hall–Kier alpha value is -2.67. The summed E-state index contributed by atoms with van der Waals surface area (Å²) in [4.78, 5) is 14.8. The fourth-order valence-corrected chi connectivity index (χ4v) is 4.93. The molecule has 1 aliphatic heterocycles. The van der Waals surface area contributed by atoms with Crippen LogP contribution in [0.15, 0.2) is 47.6 Å². The van der Waals surface area contributed by atoms with E-state index in [0.29, 0.717) is 6.54 Å². The zero-order valence-electron chi connectivity index (χ0n) is 17.4. The van der Waals surface area contributed by atoms with E-state index in [9.17, 15) is 9.18 Å². The van der Waals surface area contributed by atoms with Gasteiger partial charge in [0, 0.05) is 18.7 Å². The van der Waals surface area contributed by atoms with Crippen molar-refractivity contribution in [2.75, 3.05) is 12.3 Å². The van der Waals surface area contributed by atoms with E-state index in [1.807, 2.05) is 40.7 Å². The quantitative estimate of drug-likeness (QED) is 0.560. The average Bonchev–Trinajstić information content (AvgIpc) is 3.15. The van der Waals surface area contributed by atoms with Crippen molar-refractivity contribution < 1.29 is 9.18 Å². The number of aromatic nitrogens is 3. The maximum Gasteiger partial charge on any atom is 0.233 e. The first-order chi connectivity index (χ1) is 14.5. The number of thioether (sulfide) groups is 1. The summed E-state index contributed by atoms with van der Waals surface area (Å²) in [5.41, 5.74) is 4.21. The fourth-order valence-electron chi connectivity index (χ4n) is 4.04. The van der Waals surface area contributed by atoms with Crippen molar-refractivity contribution in [2.24, 2.45) is 0 Å². The molecule has 0 aliphatic carbocycles. The van der Waals surface area contributed by atoms with Crippen LogP contribution >= 0.6 is 11.8 Å². The minimum absolute atomic E-state index is 0.0329. The Morgan fingerprint density at radius 3 is 2.80 bits per heavy atom. The summed E-state index contributed by atoms with van der Waals surface area (Å²) in [5, 5.41) is 9.47. The van der Waals surface area contributed by atoms with Gasteiger partial charge in [-0.25, -0.2) is 4.39 Å². The normalized spacial score (nSPS) is 15.9. The molecule has 5 nitrogen and oxygen atoms in total. The molecule has 0 spiro atoms. The van der Waals surface area contributed by atoms with Crippen LogP contribution < -0.4 is 0 Å². The van der Waals surface area contributed by atoms with Crippen molar-refractivity contribution in [2.45, 2.75) is 44.9 Å². The predicted molar refractivity (Wildman–Crippen MR) is 117 cm³/mol. The first-order valence-corrected chi connectivity index (χ1v) is 11.2. The molecule has 0 saturated heterocycles. The maximum absolute atomic E-state index is 13.7. The predicted octanol–water partition coefficient (Wildman–Crippen LogP) is 4.65. The lowest BCUT2D eigenvalue weighted by Gasteiger charge is -2.35. The number of nitrogens with zero attached hydrogens (tertiary/aromatic N) is 4. The molecule has 30 heavy (non-hydrogen) atoms. The summed E-state index contributed by atoms with van der Waals surface area (Å²) >= 11 is 1.41. The highest BCUT2D eigenvalue weighted by molar-refractivity contribution is 7.99. The second kappa shape index (κ2) is 8.60. The lowest BCUT2D eigenvalue weighted by Crippen LogP contribution is -2.40. The van der Waals surface area contributed by atoms with E-state index in [-0.39, 0.29) is 23.5 Å². The number of fused-ring (bicyclic) bond motifs is 1. The second-order valence-electron chi connectivity index (χ2n) is 7.51. The number of carbonyl (C=O) groups excluding carboxylic acids is 1. The Kier molecular flexibility index (Phi) is 5.90. The van der Waals surface area contributed by atoms with Gasteiger partial charge in [-0.05, 0) is 56.0 Å². The molecule has 4 rings (SSSR count). The molecule has 2 aromatic carbocycles. The van der Waals surface area contributed by atoms with Crippen LogP contribution in [-0.4, -0.2) is 37.9 Å². The van der Waals surface area contributed by atoms with Crippen LogP contribution in [0.5, 0.6) is 0 Å². The van der Waals surface area contributed by atoms with Gasteiger partial charge in [-0.2, -0.15) is 0 Å². The van der Waals surface area contributed by atoms with Crippen molar-refractivity contribution in [3.05, 3.63) is 65.0 Å². The number of amides is 1. The smallest absolute Gasteiger partial charge is 0.233 e. The standard InChI is InChI=1S/C23H25FN4OS/c1-4-27-22(19-8-6-5-7-15(19)2)25-26-23(27)30-14-21(29)28-12-11-17-9-10-18(24)13-20(17)16(28)3/h5-10,13,16H,4,11-12,14H2,1-3H3. The van der Waals surface area contributed by atoms with Gasteiger partial charge in [0.15, 0.2) is 11.0 Å². The Labute approximate surface area is 180 Å². The molecule has 2 heterocycles. The number of rotatable bonds is 5. The summed E-state index contributed by atoms with van der Waals surface area (Å²) in [7, 11) is 0. The molecule has 3 aromatic rings. The van der Waals surface area contributed by atoms with Gasteiger partial charge in [0.05, 0.1) is 11.8 Å². The summed E-state index contributed by atoms with van der Waals surface area (Å²) in [5.74, 6) is 0.872. The van der Waals surface area contributed by atoms with E-state index in [1.54, 1.807) is 6.07 Å². The van der Waals surface area contributed by atoms with Gasteiger partial charge in [0.2, 0.25) is 5.91 Å². The first kappa shape index (κ1) is 20.6. The minimum atomic E-state index is -0.260. The Bertz CT molecular complexity index is 1080. The van der Waals surface area contributed by atoms with E-state index < -0.39 is 0 Å². The third kappa shape index (κ3) is 3.86. The lowest BCUT2D eigenvalue weighted by molar-refractivity contribution is -0.130. The SMILES string of the molecule is CCn1c(SCC(=O)N2CCc3ccc(F)cc3C2C)nnc1-c1ccccc1C. The molecule has 156 valence electrons. The van der Waals surface area contributed by atoms with Gasteiger partial charge in [0.1, 0.15) is 5.82 Å². The maximum atomic E-state index is 13.7. The van der Waals surface area contributed by atoms with Gasteiger partial charge in [0.25, 0.3) is 0 Å². The third-order valence-corrected chi connectivity index (χ3v) is 6.66. The van der Waals surface area contributed by atoms with Crippen molar-refractivity contribution in [1.29, 1.82) is 0 Å². The van der Waals surface area contributed by atoms with Crippen LogP contribution in [0.4, 0.5) is 4.39 Å². The number of hydrogen-bond acceptors (Lipinski definition) is 4. The molecule has 0 bridgehead atoms. The Morgan fingerprint density at radius 2 is 2.03 bits per heavy atom. The molecular weight excluding hydrogens is 399 g/mol. The molecule has 1 aromatic heterocycles. The molecule has 0 radical (unpaired) electrons. The number of halogens is 1. The van der Waals surface area contributed by atoms with Gasteiger partial charge < -0.3 is 9.47 Å².